The zero-order valence-corrected chi connectivity index (χ0v) is 9.14. The van der Waals surface area contributed by atoms with Crippen LogP contribution >= 0.6 is 24.8 Å². The minimum Gasteiger partial charge on any atom is -0.316 e. The maximum absolute atomic E-state index is 11.9. The van der Waals surface area contributed by atoms with Gasteiger partial charge < -0.3 is 5.32 Å². The van der Waals surface area contributed by atoms with E-state index in [0.717, 1.165) is 19.5 Å². The first-order valence-corrected chi connectivity index (χ1v) is 3.90. The molecule has 1 aliphatic heterocycles. The van der Waals surface area contributed by atoms with Crippen LogP contribution in [0.5, 0.6) is 0 Å². The summed E-state index contributed by atoms with van der Waals surface area (Å²) in [5.74, 6) is 0. The molecular formula is C7H16Cl2F2N2. The predicted molar refractivity (Wildman–Crippen MR) is 54.4 cm³/mol. The Labute approximate surface area is 89.9 Å². The van der Waals surface area contributed by atoms with Crippen molar-refractivity contribution in [3.8, 4) is 0 Å². The molecule has 1 fully saturated rings. The minimum atomic E-state index is -2.19. The molecule has 1 atom stereocenters. The minimum absolute atomic E-state index is 0. The molecule has 0 aromatic heterocycles. The van der Waals surface area contributed by atoms with Crippen LogP contribution in [-0.4, -0.2) is 44.0 Å². The second kappa shape index (κ2) is 7.74. The van der Waals surface area contributed by atoms with Gasteiger partial charge in [0.1, 0.15) is 0 Å². The number of likely N-dealkylation sites (tertiary alicyclic amines) is 1. The lowest BCUT2D eigenvalue weighted by Crippen LogP contribution is -2.32. The molecule has 82 valence electrons. The van der Waals surface area contributed by atoms with Gasteiger partial charge in [0.25, 0.3) is 6.43 Å². The molecule has 0 aromatic rings. The maximum atomic E-state index is 11.9. The second-order valence-electron chi connectivity index (χ2n) is 2.92. The van der Waals surface area contributed by atoms with E-state index in [1.165, 1.54) is 0 Å². The summed E-state index contributed by atoms with van der Waals surface area (Å²) in [5, 5.41) is 3.08. The summed E-state index contributed by atoms with van der Waals surface area (Å²) in [7, 11) is 1.87. The number of halogens is 4. The number of alkyl halides is 2. The Balaban J connectivity index is 0. The Morgan fingerprint density at radius 1 is 1.46 bits per heavy atom. The second-order valence-corrected chi connectivity index (χ2v) is 2.92. The van der Waals surface area contributed by atoms with Crippen molar-refractivity contribution in [1.82, 2.24) is 10.2 Å². The van der Waals surface area contributed by atoms with Crippen molar-refractivity contribution in [2.75, 3.05) is 26.7 Å². The average molecular weight is 237 g/mol. The lowest BCUT2D eigenvalue weighted by Gasteiger charge is -2.14. The Bertz CT molecular complexity index is 127. The molecule has 1 N–H and O–H groups in total. The smallest absolute Gasteiger partial charge is 0.251 e. The van der Waals surface area contributed by atoms with Crippen molar-refractivity contribution in [3.63, 3.8) is 0 Å². The van der Waals surface area contributed by atoms with E-state index in [-0.39, 0.29) is 31.4 Å². The van der Waals surface area contributed by atoms with Gasteiger partial charge in [-0.2, -0.15) is 0 Å². The fourth-order valence-electron chi connectivity index (χ4n) is 1.43. The molecular weight excluding hydrogens is 221 g/mol. The van der Waals surface area contributed by atoms with Gasteiger partial charge in [-0.15, -0.1) is 24.8 Å². The van der Waals surface area contributed by atoms with Gasteiger partial charge >= 0.3 is 0 Å². The summed E-state index contributed by atoms with van der Waals surface area (Å²) in [5.41, 5.74) is 0. The van der Waals surface area contributed by atoms with Gasteiger partial charge in [0, 0.05) is 12.6 Å². The molecule has 0 saturated carbocycles. The number of likely N-dealkylation sites (N-methyl/N-ethyl adjacent to an activating group) is 1. The van der Waals surface area contributed by atoms with Gasteiger partial charge in [0.2, 0.25) is 0 Å². The summed E-state index contributed by atoms with van der Waals surface area (Å²) >= 11 is 0. The molecule has 0 unspecified atom stereocenters. The predicted octanol–water partition coefficient (Wildman–Crippen LogP) is 1.39. The number of rotatable bonds is 3. The molecule has 0 radical (unpaired) electrons. The highest BCUT2D eigenvalue weighted by molar-refractivity contribution is 5.85. The van der Waals surface area contributed by atoms with Gasteiger partial charge in [0.05, 0.1) is 6.54 Å². The van der Waals surface area contributed by atoms with E-state index in [1.54, 1.807) is 4.90 Å². The van der Waals surface area contributed by atoms with Gasteiger partial charge in [-0.1, -0.05) is 0 Å². The van der Waals surface area contributed by atoms with Crippen molar-refractivity contribution in [2.45, 2.75) is 18.9 Å². The van der Waals surface area contributed by atoms with Crippen LogP contribution in [0.1, 0.15) is 6.42 Å². The van der Waals surface area contributed by atoms with E-state index < -0.39 is 6.43 Å². The zero-order chi connectivity index (χ0) is 8.27. The van der Waals surface area contributed by atoms with E-state index >= 15 is 0 Å². The van der Waals surface area contributed by atoms with Gasteiger partial charge in [-0.3, -0.25) is 4.90 Å². The molecule has 1 heterocycles. The molecule has 6 heteroatoms. The standard InChI is InChI=1S/C7H14F2N2.2ClH/c1-10-6-2-3-11(4-6)5-7(8)9;;/h6-7,10H,2-5H2,1H3;2*1H/t6-;;/m0../s1. The summed E-state index contributed by atoms with van der Waals surface area (Å²) in [6, 6.07) is 0.411. The molecule has 0 bridgehead atoms. The van der Waals surface area contributed by atoms with E-state index in [4.69, 9.17) is 0 Å². The highest BCUT2D eigenvalue weighted by Crippen LogP contribution is 2.09. The lowest BCUT2D eigenvalue weighted by molar-refractivity contribution is 0.0987. The van der Waals surface area contributed by atoms with Gasteiger partial charge in [0.15, 0.2) is 0 Å². The summed E-state index contributed by atoms with van der Waals surface area (Å²) in [6.45, 7) is 1.49. The van der Waals surface area contributed by atoms with Crippen molar-refractivity contribution in [1.29, 1.82) is 0 Å². The van der Waals surface area contributed by atoms with Crippen LogP contribution in [-0.2, 0) is 0 Å². The van der Waals surface area contributed by atoms with E-state index in [9.17, 15) is 8.78 Å². The third-order valence-electron chi connectivity index (χ3n) is 2.08. The fraction of sp³-hybridized carbons (Fsp3) is 1.00. The first-order chi connectivity index (χ1) is 5.22. The first-order valence-electron chi connectivity index (χ1n) is 3.90. The Morgan fingerprint density at radius 2 is 2.08 bits per heavy atom. The van der Waals surface area contributed by atoms with Crippen LogP contribution in [0.25, 0.3) is 0 Å². The Hall–Kier alpha value is 0.360. The van der Waals surface area contributed by atoms with E-state index in [2.05, 4.69) is 5.32 Å². The van der Waals surface area contributed by atoms with Crippen LogP contribution in [0.3, 0.4) is 0 Å². The molecule has 2 nitrogen and oxygen atoms in total. The van der Waals surface area contributed by atoms with Gasteiger partial charge in [-0.25, -0.2) is 8.78 Å². The van der Waals surface area contributed by atoms with Crippen LogP contribution in [0, 0.1) is 0 Å². The third kappa shape index (κ3) is 5.62. The molecule has 0 aromatic carbocycles. The van der Waals surface area contributed by atoms with Crippen molar-refractivity contribution in [2.24, 2.45) is 0 Å². The Morgan fingerprint density at radius 3 is 2.46 bits per heavy atom. The molecule has 0 aliphatic carbocycles. The van der Waals surface area contributed by atoms with E-state index in [0.29, 0.717) is 6.04 Å². The highest BCUT2D eigenvalue weighted by atomic mass is 35.5. The van der Waals surface area contributed by atoms with E-state index in [1.807, 2.05) is 7.05 Å². The SMILES string of the molecule is CN[C@H]1CCN(CC(F)F)C1.Cl.Cl. The van der Waals surface area contributed by atoms with Crippen molar-refractivity contribution < 1.29 is 8.78 Å². The van der Waals surface area contributed by atoms with Gasteiger partial charge in [-0.05, 0) is 20.0 Å². The first kappa shape index (κ1) is 15.8. The molecule has 1 rings (SSSR count). The molecule has 13 heavy (non-hydrogen) atoms. The van der Waals surface area contributed by atoms with Crippen LogP contribution in [0.15, 0.2) is 0 Å². The van der Waals surface area contributed by atoms with Crippen molar-refractivity contribution >= 4 is 24.8 Å². The summed E-state index contributed by atoms with van der Waals surface area (Å²) < 4.78 is 23.7. The lowest BCUT2D eigenvalue weighted by atomic mass is 10.3. The fourth-order valence-corrected chi connectivity index (χ4v) is 1.43. The number of nitrogens with zero attached hydrogens (tertiary/aromatic N) is 1. The molecule has 0 spiro atoms. The molecule has 1 aliphatic rings. The quantitative estimate of drug-likeness (QED) is 0.797. The van der Waals surface area contributed by atoms with Crippen LogP contribution in [0.4, 0.5) is 8.78 Å². The summed E-state index contributed by atoms with van der Waals surface area (Å²) in [4.78, 5) is 1.80. The molecule has 0 amide bonds. The zero-order valence-electron chi connectivity index (χ0n) is 7.50. The highest BCUT2D eigenvalue weighted by Gasteiger charge is 2.22. The molecule has 1 saturated heterocycles. The third-order valence-corrected chi connectivity index (χ3v) is 2.08. The van der Waals surface area contributed by atoms with Crippen LogP contribution < -0.4 is 5.32 Å². The number of nitrogens with one attached hydrogen (secondary N) is 1. The normalized spacial score (nSPS) is 22.6. The largest absolute Gasteiger partial charge is 0.316 e. The number of hydrogen-bond acceptors (Lipinski definition) is 2. The Kier molecular flexibility index (Phi) is 9.41. The monoisotopic (exact) mass is 236 g/mol. The van der Waals surface area contributed by atoms with Crippen molar-refractivity contribution in [3.05, 3.63) is 0 Å². The summed E-state index contributed by atoms with van der Waals surface area (Å²) in [6.07, 6.45) is -1.20. The van der Waals surface area contributed by atoms with Crippen LogP contribution in [0.2, 0.25) is 0 Å². The average Bonchev–Trinajstić information content (AvgIpc) is 2.34. The maximum Gasteiger partial charge on any atom is 0.251 e. The topological polar surface area (TPSA) is 15.3 Å². The number of hydrogen-bond donors (Lipinski definition) is 1.